The molecule has 0 N–H and O–H groups in total. The monoisotopic (exact) mass is 425 g/mol. The lowest BCUT2D eigenvalue weighted by Gasteiger charge is -2.39. The van der Waals surface area contributed by atoms with Crippen LogP contribution in [0.25, 0.3) is 0 Å². The molecular formula is C21H26F3N3O3. The highest BCUT2D eigenvalue weighted by atomic mass is 19.4. The summed E-state index contributed by atoms with van der Waals surface area (Å²) in [5.74, 6) is -0.489. The van der Waals surface area contributed by atoms with Crippen LogP contribution in [0.15, 0.2) is 24.3 Å². The molecule has 2 saturated heterocycles. The Morgan fingerprint density at radius 2 is 1.50 bits per heavy atom. The molecule has 1 atom stereocenters. The van der Waals surface area contributed by atoms with Gasteiger partial charge in [0.05, 0.1) is 5.56 Å². The molecule has 164 valence electrons. The van der Waals surface area contributed by atoms with Crippen molar-refractivity contribution in [1.82, 2.24) is 14.7 Å². The third-order valence-corrected chi connectivity index (χ3v) is 5.67. The number of rotatable bonds is 4. The van der Waals surface area contributed by atoms with Crippen molar-refractivity contribution >= 4 is 17.7 Å². The quantitative estimate of drug-likeness (QED) is 0.745. The number of alkyl halides is 3. The maximum atomic E-state index is 13.1. The Balaban J connectivity index is 1.61. The summed E-state index contributed by atoms with van der Waals surface area (Å²) in [6.07, 6.45) is -3.23. The van der Waals surface area contributed by atoms with Gasteiger partial charge in [0.2, 0.25) is 11.8 Å². The van der Waals surface area contributed by atoms with Gasteiger partial charge in [-0.05, 0) is 36.6 Å². The molecule has 0 radical (unpaired) electrons. The van der Waals surface area contributed by atoms with Gasteiger partial charge in [-0.15, -0.1) is 0 Å². The van der Waals surface area contributed by atoms with E-state index in [-0.39, 0.29) is 29.2 Å². The van der Waals surface area contributed by atoms with Gasteiger partial charge in [0.15, 0.2) is 0 Å². The molecular weight excluding hydrogens is 399 g/mol. The fourth-order valence-electron chi connectivity index (χ4n) is 4.04. The molecule has 1 unspecified atom stereocenters. The van der Waals surface area contributed by atoms with E-state index in [4.69, 9.17) is 0 Å². The van der Waals surface area contributed by atoms with Crippen molar-refractivity contribution < 1.29 is 27.6 Å². The Kier molecular flexibility index (Phi) is 6.38. The number of halogens is 3. The molecule has 1 aromatic carbocycles. The lowest BCUT2D eigenvalue weighted by Crippen LogP contribution is -2.57. The van der Waals surface area contributed by atoms with E-state index in [0.29, 0.717) is 39.1 Å². The van der Waals surface area contributed by atoms with E-state index < -0.39 is 17.8 Å². The molecule has 30 heavy (non-hydrogen) atoms. The second-order valence-corrected chi connectivity index (χ2v) is 8.07. The highest BCUT2D eigenvalue weighted by Crippen LogP contribution is 2.29. The number of benzene rings is 1. The number of hydrogen-bond donors (Lipinski definition) is 0. The summed E-state index contributed by atoms with van der Waals surface area (Å²) in [5.41, 5.74) is -0.615. The standard InChI is InChI=1S/C21H26F3N3O3/c1-14(2)18(27-9-3-4-17(27)28)20(30)26-12-10-25(11-13-26)19(29)15-5-7-16(8-6-15)21(22,23)24/h5-8,14,18H,3-4,9-13H2,1-2H3. The predicted octanol–water partition coefficient (Wildman–Crippen LogP) is 2.64. The van der Waals surface area contributed by atoms with E-state index in [1.54, 1.807) is 9.80 Å². The minimum atomic E-state index is -4.45. The Hall–Kier alpha value is -2.58. The molecule has 2 heterocycles. The molecule has 1 aromatic rings. The smallest absolute Gasteiger partial charge is 0.337 e. The third-order valence-electron chi connectivity index (χ3n) is 5.67. The van der Waals surface area contributed by atoms with Gasteiger partial charge in [-0.25, -0.2) is 0 Å². The molecule has 0 aromatic heterocycles. The van der Waals surface area contributed by atoms with Gasteiger partial charge in [-0.3, -0.25) is 14.4 Å². The Labute approximate surface area is 173 Å². The molecule has 6 nitrogen and oxygen atoms in total. The molecule has 9 heteroatoms. The Morgan fingerprint density at radius 1 is 0.933 bits per heavy atom. The van der Waals surface area contributed by atoms with E-state index in [1.165, 1.54) is 17.0 Å². The van der Waals surface area contributed by atoms with Gasteiger partial charge in [-0.2, -0.15) is 13.2 Å². The van der Waals surface area contributed by atoms with Gasteiger partial charge in [0.1, 0.15) is 6.04 Å². The van der Waals surface area contributed by atoms with Crippen molar-refractivity contribution in [3.8, 4) is 0 Å². The average Bonchev–Trinajstić information content (AvgIpc) is 3.12. The summed E-state index contributed by atoms with van der Waals surface area (Å²) >= 11 is 0. The Bertz CT molecular complexity index is 800. The van der Waals surface area contributed by atoms with Crippen LogP contribution in [-0.4, -0.2) is 71.2 Å². The molecule has 3 amide bonds. The van der Waals surface area contributed by atoms with Crippen LogP contribution >= 0.6 is 0 Å². The van der Waals surface area contributed by atoms with Gasteiger partial charge >= 0.3 is 6.18 Å². The zero-order valence-corrected chi connectivity index (χ0v) is 17.1. The number of piperazine rings is 1. The first-order chi connectivity index (χ1) is 14.1. The summed E-state index contributed by atoms with van der Waals surface area (Å²) in [7, 11) is 0. The minimum Gasteiger partial charge on any atom is -0.337 e. The number of hydrogen-bond acceptors (Lipinski definition) is 3. The van der Waals surface area contributed by atoms with Gasteiger partial charge in [0, 0.05) is 44.7 Å². The fourth-order valence-corrected chi connectivity index (χ4v) is 4.04. The second kappa shape index (κ2) is 8.65. The Morgan fingerprint density at radius 3 is 1.97 bits per heavy atom. The lowest BCUT2D eigenvalue weighted by molar-refractivity contribution is -0.146. The van der Waals surface area contributed by atoms with E-state index in [2.05, 4.69) is 0 Å². The zero-order valence-electron chi connectivity index (χ0n) is 17.1. The van der Waals surface area contributed by atoms with Gasteiger partial charge in [0.25, 0.3) is 5.91 Å². The van der Waals surface area contributed by atoms with E-state index in [1.807, 2.05) is 13.8 Å². The first kappa shape index (κ1) is 22.1. The van der Waals surface area contributed by atoms with Crippen LogP contribution in [0.5, 0.6) is 0 Å². The maximum absolute atomic E-state index is 13.1. The van der Waals surface area contributed by atoms with Crippen molar-refractivity contribution in [2.24, 2.45) is 5.92 Å². The number of nitrogens with zero attached hydrogens (tertiary/aromatic N) is 3. The number of carbonyl (C=O) groups excluding carboxylic acids is 3. The number of carbonyl (C=O) groups is 3. The summed E-state index contributed by atoms with van der Waals surface area (Å²) in [6.45, 7) is 5.67. The molecule has 0 saturated carbocycles. The zero-order chi connectivity index (χ0) is 22.1. The number of amides is 3. The van der Waals surface area contributed by atoms with Crippen LogP contribution in [0.1, 0.15) is 42.6 Å². The summed E-state index contributed by atoms with van der Waals surface area (Å²) in [5, 5.41) is 0. The summed E-state index contributed by atoms with van der Waals surface area (Å²) < 4.78 is 38.1. The lowest BCUT2D eigenvalue weighted by atomic mass is 10.0. The van der Waals surface area contributed by atoms with Crippen LogP contribution in [0.2, 0.25) is 0 Å². The van der Waals surface area contributed by atoms with Crippen molar-refractivity contribution in [2.75, 3.05) is 32.7 Å². The van der Waals surface area contributed by atoms with Crippen LogP contribution in [0.3, 0.4) is 0 Å². The fraction of sp³-hybridized carbons (Fsp3) is 0.571. The second-order valence-electron chi connectivity index (χ2n) is 8.07. The van der Waals surface area contributed by atoms with Crippen molar-refractivity contribution in [3.05, 3.63) is 35.4 Å². The predicted molar refractivity (Wildman–Crippen MR) is 104 cm³/mol. The normalized spacial score (nSPS) is 18.9. The molecule has 3 rings (SSSR count). The van der Waals surface area contributed by atoms with E-state index in [9.17, 15) is 27.6 Å². The van der Waals surface area contributed by atoms with E-state index >= 15 is 0 Å². The topological polar surface area (TPSA) is 60.9 Å². The van der Waals surface area contributed by atoms with Crippen LogP contribution in [0.4, 0.5) is 13.2 Å². The van der Waals surface area contributed by atoms with Crippen molar-refractivity contribution in [3.63, 3.8) is 0 Å². The summed E-state index contributed by atoms with van der Waals surface area (Å²) in [4.78, 5) is 42.7. The molecule has 2 aliphatic heterocycles. The molecule has 0 spiro atoms. The first-order valence-electron chi connectivity index (χ1n) is 10.1. The minimum absolute atomic E-state index is 0.00170. The highest BCUT2D eigenvalue weighted by molar-refractivity contribution is 5.94. The van der Waals surface area contributed by atoms with Crippen molar-refractivity contribution in [2.45, 2.75) is 38.9 Å². The van der Waals surface area contributed by atoms with Gasteiger partial charge in [-0.1, -0.05) is 13.8 Å². The molecule has 0 aliphatic carbocycles. The average molecular weight is 425 g/mol. The number of likely N-dealkylation sites (tertiary alicyclic amines) is 1. The van der Waals surface area contributed by atoms with Crippen LogP contribution < -0.4 is 0 Å². The SMILES string of the molecule is CC(C)C(C(=O)N1CCN(C(=O)c2ccc(C(F)(F)F)cc2)CC1)N1CCCC1=O. The largest absolute Gasteiger partial charge is 0.416 e. The van der Waals surface area contributed by atoms with Crippen molar-refractivity contribution in [1.29, 1.82) is 0 Å². The third kappa shape index (κ3) is 4.60. The van der Waals surface area contributed by atoms with Gasteiger partial charge < -0.3 is 14.7 Å². The molecule has 2 aliphatic rings. The molecule has 0 bridgehead atoms. The first-order valence-corrected chi connectivity index (χ1v) is 10.1. The van der Waals surface area contributed by atoms with Crippen LogP contribution in [0, 0.1) is 5.92 Å². The summed E-state index contributed by atoms with van der Waals surface area (Å²) in [6, 6.07) is 3.64. The molecule has 2 fully saturated rings. The van der Waals surface area contributed by atoms with Crippen LogP contribution in [-0.2, 0) is 15.8 Å². The maximum Gasteiger partial charge on any atom is 0.416 e. The highest BCUT2D eigenvalue weighted by Gasteiger charge is 2.38. The van der Waals surface area contributed by atoms with E-state index in [0.717, 1.165) is 18.6 Å².